The monoisotopic (exact) mass is 588 g/mol. The quantitative estimate of drug-likeness (QED) is 0.252. The van der Waals surface area contributed by atoms with E-state index in [0.29, 0.717) is 61.0 Å². The number of halogens is 2. The topological polar surface area (TPSA) is 88.3 Å². The van der Waals surface area contributed by atoms with Gasteiger partial charge in [-0.25, -0.2) is 9.79 Å². The average Bonchev–Trinajstić information content (AvgIpc) is 3.23. The Labute approximate surface area is 239 Å². The van der Waals surface area contributed by atoms with Gasteiger partial charge in [0.15, 0.2) is 22.0 Å². The van der Waals surface area contributed by atoms with Gasteiger partial charge in [-0.2, -0.15) is 0 Å². The lowest BCUT2D eigenvalue weighted by atomic mass is 9.97. The van der Waals surface area contributed by atoms with E-state index in [2.05, 4.69) is 11.6 Å². The second-order valence-electron chi connectivity index (χ2n) is 8.16. The maximum Gasteiger partial charge on any atom is 0.337 e. The van der Waals surface area contributed by atoms with Crippen LogP contribution in [0.5, 0.6) is 17.2 Å². The summed E-state index contributed by atoms with van der Waals surface area (Å²) < 4.78 is 23.9. The molecule has 0 amide bonds. The molecule has 1 aliphatic rings. The molecular formula is C28H26Cl2N2O6S. The van der Waals surface area contributed by atoms with Gasteiger partial charge in [0.25, 0.3) is 5.56 Å². The van der Waals surface area contributed by atoms with Crippen molar-refractivity contribution in [2.45, 2.75) is 19.9 Å². The zero-order chi connectivity index (χ0) is 28.1. The SMILES string of the molecule is C=CCOc1c(Cl)cc(/C=c2\sc3n(c2=O)[C@H](c2ccc(OCC)c(OCC)c2)C(C(=O)OC)=CN=3)cc1Cl. The van der Waals surface area contributed by atoms with E-state index in [-0.39, 0.29) is 17.7 Å². The normalized spacial score (nSPS) is 14.6. The van der Waals surface area contributed by atoms with Crippen LogP contribution < -0.4 is 29.1 Å². The summed E-state index contributed by atoms with van der Waals surface area (Å²) in [6.07, 6.45) is 4.69. The molecule has 204 valence electrons. The van der Waals surface area contributed by atoms with Gasteiger partial charge in [0, 0.05) is 6.20 Å². The summed E-state index contributed by atoms with van der Waals surface area (Å²) in [7, 11) is 1.28. The molecule has 0 bridgehead atoms. The van der Waals surface area contributed by atoms with E-state index in [0.717, 1.165) is 0 Å². The molecule has 39 heavy (non-hydrogen) atoms. The molecule has 1 aliphatic heterocycles. The first-order valence-corrected chi connectivity index (χ1v) is 13.6. The van der Waals surface area contributed by atoms with Crippen LogP contribution in [-0.4, -0.2) is 37.5 Å². The number of esters is 1. The Bertz CT molecular complexity index is 1600. The second kappa shape index (κ2) is 12.5. The molecule has 0 unspecified atom stereocenters. The fourth-order valence-electron chi connectivity index (χ4n) is 4.08. The zero-order valence-corrected chi connectivity index (χ0v) is 23.9. The lowest BCUT2D eigenvalue weighted by Gasteiger charge is -2.23. The predicted molar refractivity (Wildman–Crippen MR) is 152 cm³/mol. The number of carbonyl (C=O) groups excluding carboxylic acids is 1. The van der Waals surface area contributed by atoms with Crippen molar-refractivity contribution in [2.24, 2.45) is 4.99 Å². The zero-order valence-electron chi connectivity index (χ0n) is 21.5. The van der Waals surface area contributed by atoms with Crippen LogP contribution in [0.1, 0.15) is 31.0 Å². The van der Waals surface area contributed by atoms with E-state index >= 15 is 0 Å². The molecule has 3 aromatic rings. The highest BCUT2D eigenvalue weighted by molar-refractivity contribution is 7.07. The van der Waals surface area contributed by atoms with Gasteiger partial charge in [-0.3, -0.25) is 9.36 Å². The summed E-state index contributed by atoms with van der Waals surface area (Å²) in [5.74, 6) is 0.801. The number of aromatic nitrogens is 1. The lowest BCUT2D eigenvalue weighted by Crippen LogP contribution is -2.39. The second-order valence-corrected chi connectivity index (χ2v) is 9.99. The number of thiazole rings is 1. The van der Waals surface area contributed by atoms with Gasteiger partial charge in [-0.15, -0.1) is 0 Å². The number of methoxy groups -OCH3 is 1. The van der Waals surface area contributed by atoms with Crippen molar-refractivity contribution in [1.82, 2.24) is 4.57 Å². The van der Waals surface area contributed by atoms with Crippen LogP contribution in [0.3, 0.4) is 0 Å². The van der Waals surface area contributed by atoms with Gasteiger partial charge in [0.05, 0.1) is 46.5 Å². The van der Waals surface area contributed by atoms with Gasteiger partial charge in [0.2, 0.25) is 0 Å². The van der Waals surface area contributed by atoms with Gasteiger partial charge >= 0.3 is 5.97 Å². The van der Waals surface area contributed by atoms with E-state index in [1.54, 1.807) is 42.5 Å². The van der Waals surface area contributed by atoms with E-state index in [9.17, 15) is 9.59 Å². The molecule has 2 aromatic carbocycles. The van der Waals surface area contributed by atoms with Gasteiger partial charge in [-0.1, -0.05) is 53.3 Å². The Hall–Kier alpha value is -3.53. The highest BCUT2D eigenvalue weighted by Crippen LogP contribution is 2.36. The molecule has 1 aromatic heterocycles. The Morgan fingerprint density at radius 2 is 1.79 bits per heavy atom. The Balaban J connectivity index is 1.86. The minimum Gasteiger partial charge on any atom is -0.490 e. The molecule has 2 heterocycles. The Morgan fingerprint density at radius 1 is 1.10 bits per heavy atom. The van der Waals surface area contributed by atoms with Crippen molar-refractivity contribution in [2.75, 3.05) is 26.9 Å². The molecule has 0 saturated carbocycles. The third-order valence-corrected chi connectivity index (χ3v) is 7.23. The van der Waals surface area contributed by atoms with E-state index in [4.69, 9.17) is 42.1 Å². The Morgan fingerprint density at radius 3 is 2.44 bits per heavy atom. The van der Waals surface area contributed by atoms with E-state index in [1.807, 2.05) is 13.8 Å². The first-order chi connectivity index (χ1) is 18.8. The average molecular weight is 589 g/mol. The van der Waals surface area contributed by atoms with Crippen LogP contribution in [0, 0.1) is 0 Å². The summed E-state index contributed by atoms with van der Waals surface area (Å²) in [4.78, 5) is 31.3. The summed E-state index contributed by atoms with van der Waals surface area (Å²) in [5, 5.41) is 0.596. The predicted octanol–water partition coefficient (Wildman–Crippen LogP) is 4.69. The van der Waals surface area contributed by atoms with Crippen molar-refractivity contribution in [3.63, 3.8) is 0 Å². The highest BCUT2D eigenvalue weighted by Gasteiger charge is 2.31. The van der Waals surface area contributed by atoms with Crippen molar-refractivity contribution in [3.05, 3.63) is 95.6 Å². The largest absolute Gasteiger partial charge is 0.490 e. The van der Waals surface area contributed by atoms with Gasteiger partial charge in [0.1, 0.15) is 6.61 Å². The van der Waals surface area contributed by atoms with Gasteiger partial charge in [-0.05, 0) is 55.3 Å². The standard InChI is InChI=1S/C28H26Cl2N2O6S/c1-5-10-38-25-19(29)11-16(12-20(25)30)13-23-26(33)32-24(18(27(34)35-4)15-31-28(32)39-23)17-8-9-21(36-6-2)22(14-17)37-7-3/h5,8-9,11-15,24H,1,6-7,10H2,2-4H3/b23-13-/t24-/m1/s1. The minimum absolute atomic E-state index is 0.206. The molecule has 4 rings (SSSR count). The number of fused-ring (bicyclic) bond motifs is 1. The molecule has 0 N–H and O–H groups in total. The number of nitrogens with zero attached hydrogens (tertiary/aromatic N) is 2. The maximum absolute atomic E-state index is 13.8. The van der Waals surface area contributed by atoms with Crippen LogP contribution in [0.15, 0.2) is 64.5 Å². The van der Waals surface area contributed by atoms with Crippen molar-refractivity contribution in [1.29, 1.82) is 0 Å². The molecule has 8 nitrogen and oxygen atoms in total. The molecule has 1 atom stereocenters. The highest BCUT2D eigenvalue weighted by atomic mass is 35.5. The number of hydrogen-bond donors (Lipinski definition) is 0. The number of ether oxygens (including phenoxy) is 4. The van der Waals surface area contributed by atoms with Crippen LogP contribution in [-0.2, 0) is 9.53 Å². The molecule has 0 saturated heterocycles. The van der Waals surface area contributed by atoms with Crippen molar-refractivity contribution < 1.29 is 23.7 Å². The maximum atomic E-state index is 13.8. The molecule has 0 spiro atoms. The summed E-state index contributed by atoms with van der Waals surface area (Å²) in [5.41, 5.74) is 1.10. The van der Waals surface area contributed by atoms with Crippen LogP contribution in [0.2, 0.25) is 10.0 Å². The first-order valence-electron chi connectivity index (χ1n) is 12.0. The summed E-state index contributed by atoms with van der Waals surface area (Å²) in [6.45, 7) is 8.47. The smallest absolute Gasteiger partial charge is 0.337 e. The first kappa shape index (κ1) is 28.5. The third-order valence-electron chi connectivity index (χ3n) is 5.67. The van der Waals surface area contributed by atoms with Crippen molar-refractivity contribution in [3.8, 4) is 17.2 Å². The van der Waals surface area contributed by atoms with E-state index < -0.39 is 12.0 Å². The number of rotatable bonds is 10. The van der Waals surface area contributed by atoms with Crippen LogP contribution >= 0.6 is 34.5 Å². The third kappa shape index (κ3) is 5.90. The molecular weight excluding hydrogens is 563 g/mol. The minimum atomic E-state index is -0.799. The number of hydrogen-bond acceptors (Lipinski definition) is 8. The lowest BCUT2D eigenvalue weighted by molar-refractivity contribution is -0.136. The van der Waals surface area contributed by atoms with Crippen molar-refractivity contribution >= 4 is 46.6 Å². The summed E-state index contributed by atoms with van der Waals surface area (Å²) in [6, 6.07) is 7.82. The van der Waals surface area contributed by atoms with Crippen LogP contribution in [0.25, 0.3) is 6.08 Å². The fraction of sp³-hybridized carbons (Fsp3) is 0.250. The number of benzene rings is 2. The van der Waals surface area contributed by atoms with E-state index in [1.165, 1.54) is 29.2 Å². The van der Waals surface area contributed by atoms with Gasteiger partial charge < -0.3 is 18.9 Å². The Kier molecular flexibility index (Phi) is 9.16. The fourth-order valence-corrected chi connectivity index (χ4v) is 5.66. The molecule has 0 radical (unpaired) electrons. The number of carbonyl (C=O) groups is 1. The molecule has 0 aliphatic carbocycles. The molecule has 11 heteroatoms. The summed E-state index contributed by atoms with van der Waals surface area (Å²) >= 11 is 13.9. The van der Waals surface area contributed by atoms with Crippen LogP contribution in [0.4, 0.5) is 0 Å². The molecule has 0 fully saturated rings.